The average molecular weight is 319 g/mol. The summed E-state index contributed by atoms with van der Waals surface area (Å²) in [6.07, 6.45) is 4.96. The standard InChI is InChI=1S/C13H25N3O4S/c1-21(18,19)16-11-4-2-3-9(11)8-15-13(17)12-6-5-10(7-14)20-12/h9-12,16H,2-8,14H2,1H3,(H,15,17)/t9?,10-,11?,12+/m1/s1. The molecule has 1 aliphatic heterocycles. The molecule has 1 heterocycles. The van der Waals surface area contributed by atoms with Crippen LogP contribution in [0.4, 0.5) is 0 Å². The lowest BCUT2D eigenvalue weighted by atomic mass is 10.0. The van der Waals surface area contributed by atoms with E-state index >= 15 is 0 Å². The van der Waals surface area contributed by atoms with E-state index in [0.717, 1.165) is 25.7 Å². The molecular weight excluding hydrogens is 294 g/mol. The second-order valence-electron chi connectivity index (χ2n) is 5.99. The van der Waals surface area contributed by atoms with Gasteiger partial charge in [0.25, 0.3) is 0 Å². The molecule has 0 aromatic rings. The van der Waals surface area contributed by atoms with Gasteiger partial charge in [-0.15, -0.1) is 0 Å². The minimum atomic E-state index is -3.21. The Labute approximate surface area is 126 Å². The molecule has 7 nitrogen and oxygen atoms in total. The zero-order valence-corrected chi connectivity index (χ0v) is 13.2. The van der Waals surface area contributed by atoms with E-state index in [0.29, 0.717) is 19.5 Å². The Morgan fingerprint density at radius 3 is 2.67 bits per heavy atom. The van der Waals surface area contributed by atoms with Crippen LogP contribution in [0.15, 0.2) is 0 Å². The number of sulfonamides is 1. The largest absolute Gasteiger partial charge is 0.364 e. The molecule has 4 N–H and O–H groups in total. The molecule has 2 unspecified atom stereocenters. The number of rotatable bonds is 6. The van der Waals surface area contributed by atoms with Crippen molar-refractivity contribution in [2.75, 3.05) is 19.3 Å². The summed E-state index contributed by atoms with van der Waals surface area (Å²) in [5.41, 5.74) is 5.52. The lowest BCUT2D eigenvalue weighted by Crippen LogP contribution is -2.43. The van der Waals surface area contributed by atoms with Gasteiger partial charge in [0.1, 0.15) is 6.10 Å². The van der Waals surface area contributed by atoms with Gasteiger partial charge in [-0.2, -0.15) is 0 Å². The van der Waals surface area contributed by atoms with Crippen LogP contribution in [0.3, 0.4) is 0 Å². The lowest BCUT2D eigenvalue weighted by molar-refractivity contribution is -0.132. The predicted molar refractivity (Wildman–Crippen MR) is 79.1 cm³/mol. The van der Waals surface area contributed by atoms with Gasteiger partial charge in [-0.3, -0.25) is 4.79 Å². The first kappa shape index (κ1) is 16.7. The smallest absolute Gasteiger partial charge is 0.249 e. The third-order valence-electron chi connectivity index (χ3n) is 4.23. The van der Waals surface area contributed by atoms with Crippen molar-refractivity contribution in [1.82, 2.24) is 10.0 Å². The molecule has 0 aromatic carbocycles. The number of hydrogen-bond donors (Lipinski definition) is 3. The van der Waals surface area contributed by atoms with Gasteiger partial charge in [-0.1, -0.05) is 6.42 Å². The fourth-order valence-corrected chi connectivity index (χ4v) is 3.99. The molecule has 0 spiro atoms. The summed E-state index contributed by atoms with van der Waals surface area (Å²) in [7, 11) is -3.21. The van der Waals surface area contributed by atoms with Crippen molar-refractivity contribution in [3.05, 3.63) is 0 Å². The van der Waals surface area contributed by atoms with Crippen molar-refractivity contribution in [1.29, 1.82) is 0 Å². The fourth-order valence-electron chi connectivity index (χ4n) is 3.13. The van der Waals surface area contributed by atoms with Crippen LogP contribution in [0.5, 0.6) is 0 Å². The molecule has 21 heavy (non-hydrogen) atoms. The summed E-state index contributed by atoms with van der Waals surface area (Å²) >= 11 is 0. The number of nitrogens with two attached hydrogens (primary N) is 1. The molecule has 0 bridgehead atoms. The summed E-state index contributed by atoms with van der Waals surface area (Å²) in [6, 6.07) is -0.0819. The Kier molecular flexibility index (Phi) is 5.59. The van der Waals surface area contributed by atoms with Crippen molar-refractivity contribution in [2.45, 2.75) is 50.4 Å². The highest BCUT2D eigenvalue weighted by Crippen LogP contribution is 2.26. The molecule has 8 heteroatoms. The van der Waals surface area contributed by atoms with Crippen LogP contribution >= 0.6 is 0 Å². The van der Waals surface area contributed by atoms with E-state index in [4.69, 9.17) is 10.5 Å². The van der Waals surface area contributed by atoms with Gasteiger partial charge in [0.2, 0.25) is 15.9 Å². The molecule has 122 valence electrons. The highest BCUT2D eigenvalue weighted by Gasteiger charge is 2.32. The number of hydrogen-bond acceptors (Lipinski definition) is 5. The van der Waals surface area contributed by atoms with Crippen LogP contribution < -0.4 is 15.8 Å². The first-order valence-electron chi connectivity index (χ1n) is 7.49. The molecule has 1 aliphatic carbocycles. The quantitative estimate of drug-likeness (QED) is 0.601. The van der Waals surface area contributed by atoms with E-state index in [1.165, 1.54) is 6.26 Å². The Morgan fingerprint density at radius 1 is 1.29 bits per heavy atom. The second-order valence-corrected chi connectivity index (χ2v) is 7.77. The third-order valence-corrected chi connectivity index (χ3v) is 4.96. The van der Waals surface area contributed by atoms with Gasteiger partial charge in [-0.05, 0) is 31.6 Å². The molecule has 4 atom stereocenters. The van der Waals surface area contributed by atoms with E-state index in [9.17, 15) is 13.2 Å². The molecule has 2 aliphatic rings. The molecule has 2 rings (SSSR count). The Bertz CT molecular complexity index is 468. The van der Waals surface area contributed by atoms with Crippen molar-refractivity contribution < 1.29 is 17.9 Å². The molecule has 0 radical (unpaired) electrons. The summed E-state index contributed by atoms with van der Waals surface area (Å²) in [5, 5.41) is 2.89. The van der Waals surface area contributed by atoms with Gasteiger partial charge in [0.05, 0.1) is 12.4 Å². The maximum Gasteiger partial charge on any atom is 0.249 e. The van der Waals surface area contributed by atoms with Crippen LogP contribution in [-0.2, 0) is 19.6 Å². The Balaban J connectivity index is 1.78. The monoisotopic (exact) mass is 319 g/mol. The van der Waals surface area contributed by atoms with E-state index < -0.39 is 16.1 Å². The summed E-state index contributed by atoms with van der Waals surface area (Å²) in [6.45, 7) is 0.923. The van der Waals surface area contributed by atoms with Crippen molar-refractivity contribution in [3.63, 3.8) is 0 Å². The van der Waals surface area contributed by atoms with Gasteiger partial charge >= 0.3 is 0 Å². The molecule has 2 fully saturated rings. The highest BCUT2D eigenvalue weighted by molar-refractivity contribution is 7.88. The van der Waals surface area contributed by atoms with E-state index in [1.807, 2.05) is 0 Å². The SMILES string of the molecule is CS(=O)(=O)NC1CCCC1CNC(=O)[C@@H]1CC[C@H](CN)O1. The van der Waals surface area contributed by atoms with Crippen LogP contribution in [0.1, 0.15) is 32.1 Å². The summed E-state index contributed by atoms with van der Waals surface area (Å²) in [5.74, 6) is 0.0336. The van der Waals surface area contributed by atoms with Crippen molar-refractivity contribution >= 4 is 15.9 Å². The normalized spacial score (nSPS) is 33.2. The maximum absolute atomic E-state index is 12.0. The topological polar surface area (TPSA) is 111 Å². The van der Waals surface area contributed by atoms with Crippen LogP contribution in [0, 0.1) is 5.92 Å². The Hall–Kier alpha value is -0.700. The zero-order valence-electron chi connectivity index (χ0n) is 12.4. The lowest BCUT2D eigenvalue weighted by Gasteiger charge is -2.21. The van der Waals surface area contributed by atoms with Gasteiger partial charge in [-0.25, -0.2) is 13.1 Å². The summed E-state index contributed by atoms with van der Waals surface area (Å²) < 4.78 is 30.8. The van der Waals surface area contributed by atoms with Crippen LogP contribution in [-0.4, -0.2) is 51.9 Å². The highest BCUT2D eigenvalue weighted by atomic mass is 32.2. The molecule has 1 saturated heterocycles. The van der Waals surface area contributed by atoms with Gasteiger partial charge in [0, 0.05) is 19.1 Å². The number of amides is 1. The number of carbonyl (C=O) groups is 1. The minimum absolute atomic E-state index is 0.0214. The average Bonchev–Trinajstić information content (AvgIpc) is 3.03. The number of carbonyl (C=O) groups excluding carboxylic acids is 1. The molecule has 0 aromatic heterocycles. The van der Waals surface area contributed by atoms with E-state index in [2.05, 4.69) is 10.0 Å². The zero-order chi connectivity index (χ0) is 15.5. The number of ether oxygens (including phenoxy) is 1. The van der Waals surface area contributed by atoms with Crippen LogP contribution in [0.25, 0.3) is 0 Å². The third kappa shape index (κ3) is 4.91. The fraction of sp³-hybridized carbons (Fsp3) is 0.923. The van der Waals surface area contributed by atoms with Crippen molar-refractivity contribution in [2.24, 2.45) is 11.7 Å². The van der Waals surface area contributed by atoms with E-state index in [-0.39, 0.29) is 24.0 Å². The minimum Gasteiger partial charge on any atom is -0.364 e. The molecule has 1 amide bonds. The predicted octanol–water partition coefficient (Wildman–Crippen LogP) is -0.673. The Morgan fingerprint density at radius 2 is 2.05 bits per heavy atom. The van der Waals surface area contributed by atoms with E-state index in [1.54, 1.807) is 0 Å². The van der Waals surface area contributed by atoms with Crippen LogP contribution in [0.2, 0.25) is 0 Å². The van der Waals surface area contributed by atoms with Gasteiger partial charge in [0.15, 0.2) is 0 Å². The maximum atomic E-state index is 12.0. The molecular formula is C13H25N3O4S. The molecule has 1 saturated carbocycles. The van der Waals surface area contributed by atoms with Crippen molar-refractivity contribution in [3.8, 4) is 0 Å². The second kappa shape index (κ2) is 7.04. The number of nitrogens with one attached hydrogen (secondary N) is 2. The van der Waals surface area contributed by atoms with Gasteiger partial charge < -0.3 is 15.8 Å². The first-order valence-corrected chi connectivity index (χ1v) is 9.38. The summed E-state index contributed by atoms with van der Waals surface area (Å²) in [4.78, 5) is 12.0. The first-order chi connectivity index (χ1) is 9.89.